The van der Waals surface area contributed by atoms with Crippen LogP contribution in [0.15, 0.2) is 18.2 Å². The monoisotopic (exact) mass is 337 g/mol. The third-order valence-electron chi connectivity index (χ3n) is 4.11. The predicted octanol–water partition coefficient (Wildman–Crippen LogP) is 2.60. The van der Waals surface area contributed by atoms with Gasteiger partial charge >= 0.3 is 6.03 Å². The number of hydrogen-bond donors (Lipinski definition) is 1. The molecular formula is C18H28FN3O2. The predicted molar refractivity (Wildman–Crippen MR) is 92.2 cm³/mol. The van der Waals surface area contributed by atoms with Gasteiger partial charge in [0.1, 0.15) is 5.82 Å². The maximum absolute atomic E-state index is 13.8. The summed E-state index contributed by atoms with van der Waals surface area (Å²) in [5.74, 6) is -0.216. The Balaban J connectivity index is 1.94. The molecule has 0 aromatic heterocycles. The molecule has 24 heavy (non-hydrogen) atoms. The second-order valence-electron chi connectivity index (χ2n) is 6.70. The Morgan fingerprint density at radius 2 is 2.17 bits per heavy atom. The van der Waals surface area contributed by atoms with Crippen LogP contribution in [0.1, 0.15) is 31.4 Å². The molecule has 2 rings (SSSR count). The van der Waals surface area contributed by atoms with Crippen LogP contribution in [0.5, 0.6) is 0 Å². The van der Waals surface area contributed by atoms with E-state index in [0.29, 0.717) is 31.7 Å². The summed E-state index contributed by atoms with van der Waals surface area (Å²) in [7, 11) is 3.80. The number of hydrogen-bond acceptors (Lipinski definition) is 3. The second kappa shape index (κ2) is 8.44. The smallest absolute Gasteiger partial charge is 0.317 e. The Kier molecular flexibility index (Phi) is 6.57. The Bertz CT molecular complexity index is 565. The molecule has 1 saturated heterocycles. The standard InChI is InChI=1S/C18H28FN3O2/c1-5-16-12-22(10-13(2)24-16)18(23)20-9-14-6-7-17(19)15(8-14)11-21(3)4/h6-8,13,16H,5,9-12H2,1-4H3,(H,20,23)/t13-,16+/m0/s1. The fourth-order valence-corrected chi connectivity index (χ4v) is 2.93. The molecular weight excluding hydrogens is 309 g/mol. The van der Waals surface area contributed by atoms with Gasteiger partial charge in [-0.2, -0.15) is 0 Å². The molecule has 0 saturated carbocycles. The highest BCUT2D eigenvalue weighted by molar-refractivity contribution is 5.74. The van der Waals surface area contributed by atoms with Gasteiger partial charge in [0.2, 0.25) is 0 Å². The van der Waals surface area contributed by atoms with Crippen molar-refractivity contribution in [1.29, 1.82) is 0 Å². The van der Waals surface area contributed by atoms with Crippen molar-refractivity contribution in [2.45, 2.75) is 45.6 Å². The highest BCUT2D eigenvalue weighted by atomic mass is 19.1. The molecule has 1 aromatic rings. The van der Waals surface area contributed by atoms with Gasteiger partial charge in [0, 0.05) is 31.7 Å². The van der Waals surface area contributed by atoms with Gasteiger partial charge < -0.3 is 19.9 Å². The van der Waals surface area contributed by atoms with Crippen molar-refractivity contribution < 1.29 is 13.9 Å². The van der Waals surface area contributed by atoms with Gasteiger partial charge in [-0.15, -0.1) is 0 Å². The zero-order chi connectivity index (χ0) is 17.7. The van der Waals surface area contributed by atoms with Crippen molar-refractivity contribution >= 4 is 6.03 Å². The van der Waals surface area contributed by atoms with Crippen LogP contribution >= 0.6 is 0 Å². The molecule has 2 atom stereocenters. The zero-order valence-electron chi connectivity index (χ0n) is 15.0. The van der Waals surface area contributed by atoms with Crippen LogP contribution in [0, 0.1) is 5.82 Å². The van der Waals surface area contributed by atoms with Crippen molar-refractivity contribution in [1.82, 2.24) is 15.1 Å². The molecule has 0 bridgehead atoms. The number of ether oxygens (including phenoxy) is 1. The SMILES string of the molecule is CC[C@@H]1CN(C(=O)NCc2ccc(F)c(CN(C)C)c2)C[C@H](C)O1. The minimum absolute atomic E-state index is 0.0481. The second-order valence-corrected chi connectivity index (χ2v) is 6.70. The van der Waals surface area contributed by atoms with Crippen LogP contribution in [0.3, 0.4) is 0 Å². The Hall–Kier alpha value is -1.66. The summed E-state index contributed by atoms with van der Waals surface area (Å²) < 4.78 is 19.6. The number of urea groups is 1. The number of amides is 2. The Morgan fingerprint density at radius 1 is 1.42 bits per heavy atom. The van der Waals surface area contributed by atoms with Gasteiger partial charge in [0.05, 0.1) is 12.2 Å². The van der Waals surface area contributed by atoms with Crippen molar-refractivity contribution in [2.24, 2.45) is 0 Å². The number of morpholine rings is 1. The average Bonchev–Trinajstić information content (AvgIpc) is 2.54. The lowest BCUT2D eigenvalue weighted by Gasteiger charge is -2.36. The van der Waals surface area contributed by atoms with Crippen LogP contribution in [0.25, 0.3) is 0 Å². The molecule has 0 spiro atoms. The van der Waals surface area contributed by atoms with Crippen molar-refractivity contribution in [2.75, 3.05) is 27.2 Å². The molecule has 5 nitrogen and oxygen atoms in total. The molecule has 0 unspecified atom stereocenters. The van der Waals surface area contributed by atoms with Crippen LogP contribution in [-0.2, 0) is 17.8 Å². The minimum Gasteiger partial charge on any atom is -0.372 e. The van der Waals surface area contributed by atoms with Crippen LogP contribution in [0.2, 0.25) is 0 Å². The van der Waals surface area contributed by atoms with E-state index in [1.54, 1.807) is 11.0 Å². The third-order valence-corrected chi connectivity index (χ3v) is 4.11. The van der Waals surface area contributed by atoms with Crippen LogP contribution in [0.4, 0.5) is 9.18 Å². The van der Waals surface area contributed by atoms with Crippen LogP contribution < -0.4 is 5.32 Å². The highest BCUT2D eigenvalue weighted by Gasteiger charge is 2.27. The summed E-state index contributed by atoms with van der Waals surface area (Å²) in [6.07, 6.45) is 1.03. The van der Waals surface area contributed by atoms with Gasteiger partial charge in [-0.05, 0) is 45.1 Å². The van der Waals surface area contributed by atoms with E-state index in [9.17, 15) is 9.18 Å². The molecule has 0 aliphatic carbocycles. The molecule has 2 amide bonds. The quantitative estimate of drug-likeness (QED) is 0.898. The van der Waals surface area contributed by atoms with E-state index in [4.69, 9.17) is 4.74 Å². The Labute approximate surface area is 143 Å². The maximum Gasteiger partial charge on any atom is 0.317 e. The first-order valence-electron chi connectivity index (χ1n) is 8.49. The van der Waals surface area contributed by atoms with E-state index >= 15 is 0 Å². The number of nitrogens with zero attached hydrogens (tertiary/aromatic N) is 2. The number of benzene rings is 1. The zero-order valence-corrected chi connectivity index (χ0v) is 15.0. The molecule has 134 valence electrons. The largest absolute Gasteiger partial charge is 0.372 e. The Morgan fingerprint density at radius 3 is 2.83 bits per heavy atom. The van der Waals surface area contributed by atoms with Gasteiger partial charge in [-0.25, -0.2) is 9.18 Å². The third kappa shape index (κ3) is 5.18. The number of rotatable bonds is 5. The molecule has 6 heteroatoms. The highest BCUT2D eigenvalue weighted by Crippen LogP contribution is 2.15. The van der Waals surface area contributed by atoms with Gasteiger partial charge in [0.15, 0.2) is 0 Å². The van der Waals surface area contributed by atoms with E-state index in [1.165, 1.54) is 6.07 Å². The van der Waals surface area contributed by atoms with Crippen molar-refractivity contribution in [3.8, 4) is 0 Å². The lowest BCUT2D eigenvalue weighted by Crippen LogP contribution is -2.52. The first-order chi connectivity index (χ1) is 11.4. The van der Waals surface area contributed by atoms with Gasteiger partial charge in [-0.3, -0.25) is 0 Å². The van der Waals surface area contributed by atoms with E-state index in [1.807, 2.05) is 32.0 Å². The topological polar surface area (TPSA) is 44.8 Å². The lowest BCUT2D eigenvalue weighted by atomic mass is 10.1. The molecule has 1 aromatic carbocycles. The summed E-state index contributed by atoms with van der Waals surface area (Å²) in [5, 5.41) is 2.93. The van der Waals surface area contributed by atoms with E-state index < -0.39 is 0 Å². The summed E-state index contributed by atoms with van der Waals surface area (Å²) in [4.78, 5) is 16.1. The lowest BCUT2D eigenvalue weighted by molar-refractivity contribution is -0.0646. The summed E-state index contributed by atoms with van der Waals surface area (Å²) in [5.41, 5.74) is 1.53. The minimum atomic E-state index is -0.216. The van der Waals surface area contributed by atoms with Crippen molar-refractivity contribution in [3.05, 3.63) is 35.1 Å². The average molecular weight is 337 g/mol. The number of halogens is 1. The summed E-state index contributed by atoms with van der Waals surface area (Å²) in [6, 6.07) is 4.89. The molecule has 1 aliphatic rings. The van der Waals surface area contributed by atoms with E-state index in [2.05, 4.69) is 12.2 Å². The molecule has 1 fully saturated rings. The normalized spacial score (nSPS) is 21.2. The number of nitrogens with one attached hydrogen (secondary N) is 1. The summed E-state index contributed by atoms with van der Waals surface area (Å²) >= 11 is 0. The van der Waals surface area contributed by atoms with Crippen molar-refractivity contribution in [3.63, 3.8) is 0 Å². The van der Waals surface area contributed by atoms with E-state index in [-0.39, 0.29) is 24.1 Å². The number of carbonyl (C=O) groups is 1. The fourth-order valence-electron chi connectivity index (χ4n) is 2.93. The van der Waals surface area contributed by atoms with E-state index in [0.717, 1.165) is 12.0 Å². The number of carbonyl (C=O) groups excluding carboxylic acids is 1. The van der Waals surface area contributed by atoms with Gasteiger partial charge in [0.25, 0.3) is 0 Å². The molecule has 1 aliphatic heterocycles. The molecule has 0 radical (unpaired) electrons. The maximum atomic E-state index is 13.8. The molecule has 1 N–H and O–H groups in total. The molecule has 1 heterocycles. The first kappa shape index (κ1) is 18.7. The van der Waals surface area contributed by atoms with Gasteiger partial charge in [-0.1, -0.05) is 13.0 Å². The van der Waals surface area contributed by atoms with Crippen LogP contribution in [-0.4, -0.2) is 55.2 Å². The first-order valence-corrected chi connectivity index (χ1v) is 8.49. The fraction of sp³-hybridized carbons (Fsp3) is 0.611. The summed E-state index contributed by atoms with van der Waals surface area (Å²) in [6.45, 7) is 6.17.